The van der Waals surface area contributed by atoms with E-state index in [4.69, 9.17) is 0 Å². The maximum atomic E-state index is 12.1. The average molecular weight is 258 g/mol. The van der Waals surface area contributed by atoms with Gasteiger partial charge in [-0.05, 0) is 43.0 Å². The van der Waals surface area contributed by atoms with Gasteiger partial charge in [-0.2, -0.15) is 0 Å². The van der Waals surface area contributed by atoms with E-state index < -0.39 is 0 Å². The summed E-state index contributed by atoms with van der Waals surface area (Å²) in [6, 6.07) is 5.70. The van der Waals surface area contributed by atoms with Crippen molar-refractivity contribution in [1.82, 2.24) is 0 Å². The molecule has 0 aromatic heterocycles. The van der Waals surface area contributed by atoms with Gasteiger partial charge < -0.3 is 10.6 Å². The minimum Gasteiger partial charge on any atom is -0.326 e. The van der Waals surface area contributed by atoms with E-state index in [0.29, 0.717) is 6.42 Å². The first-order valence-corrected chi connectivity index (χ1v) is 6.96. The molecule has 1 aromatic rings. The van der Waals surface area contributed by atoms with Crippen molar-refractivity contribution in [2.24, 2.45) is 5.92 Å². The smallest absolute Gasteiger partial charge is 0.227 e. The van der Waals surface area contributed by atoms with Gasteiger partial charge in [-0.25, -0.2) is 0 Å². The molecule has 4 heteroatoms. The van der Waals surface area contributed by atoms with Crippen LogP contribution in [-0.4, -0.2) is 11.8 Å². The summed E-state index contributed by atoms with van der Waals surface area (Å²) >= 11 is 0. The van der Waals surface area contributed by atoms with Crippen molar-refractivity contribution in [1.29, 1.82) is 0 Å². The maximum Gasteiger partial charge on any atom is 0.227 e. The number of amides is 2. The Hall–Kier alpha value is -1.84. The number of benzene rings is 1. The van der Waals surface area contributed by atoms with Crippen LogP contribution in [0.2, 0.25) is 0 Å². The van der Waals surface area contributed by atoms with Crippen molar-refractivity contribution in [3.05, 3.63) is 23.8 Å². The topological polar surface area (TPSA) is 58.2 Å². The van der Waals surface area contributed by atoms with E-state index in [-0.39, 0.29) is 17.7 Å². The fourth-order valence-corrected chi connectivity index (χ4v) is 2.89. The molecule has 0 unspecified atom stereocenters. The molecule has 19 heavy (non-hydrogen) atoms. The second-order valence-electron chi connectivity index (χ2n) is 5.39. The second-order valence-corrected chi connectivity index (χ2v) is 5.39. The van der Waals surface area contributed by atoms with Crippen molar-refractivity contribution in [3.8, 4) is 0 Å². The van der Waals surface area contributed by atoms with E-state index >= 15 is 0 Å². The SMILES string of the molecule is O=C1CCc2cc(NC(=O)C3CCCC3)ccc2N1. The molecule has 0 radical (unpaired) electrons. The number of aryl methyl sites for hydroxylation is 1. The van der Waals surface area contributed by atoms with Crippen molar-refractivity contribution in [3.63, 3.8) is 0 Å². The number of anilines is 2. The molecule has 2 N–H and O–H groups in total. The largest absolute Gasteiger partial charge is 0.326 e. The first-order valence-electron chi connectivity index (χ1n) is 6.96. The Morgan fingerprint density at radius 3 is 2.79 bits per heavy atom. The van der Waals surface area contributed by atoms with Crippen molar-refractivity contribution < 1.29 is 9.59 Å². The van der Waals surface area contributed by atoms with Gasteiger partial charge in [0.25, 0.3) is 0 Å². The summed E-state index contributed by atoms with van der Waals surface area (Å²) in [5.41, 5.74) is 2.81. The number of rotatable bonds is 2. The highest BCUT2D eigenvalue weighted by Gasteiger charge is 2.23. The summed E-state index contributed by atoms with van der Waals surface area (Å²) in [6.45, 7) is 0. The standard InChI is InChI=1S/C15H18N2O2/c18-14-8-5-11-9-12(6-7-13(11)17-14)16-15(19)10-3-1-2-4-10/h6-7,9-10H,1-5,8H2,(H,16,19)(H,17,18). The van der Waals surface area contributed by atoms with Crippen LogP contribution in [0.3, 0.4) is 0 Å². The highest BCUT2D eigenvalue weighted by atomic mass is 16.2. The van der Waals surface area contributed by atoms with E-state index in [1.54, 1.807) is 0 Å². The molecule has 1 heterocycles. The third-order valence-corrected chi connectivity index (χ3v) is 3.99. The molecule has 1 saturated carbocycles. The number of hydrogen-bond donors (Lipinski definition) is 2. The van der Waals surface area contributed by atoms with Gasteiger partial charge in [0.2, 0.25) is 11.8 Å². The molecule has 1 aliphatic heterocycles. The summed E-state index contributed by atoms with van der Waals surface area (Å²) in [5.74, 6) is 0.378. The van der Waals surface area contributed by atoms with Gasteiger partial charge in [0, 0.05) is 23.7 Å². The van der Waals surface area contributed by atoms with Gasteiger partial charge in [-0.1, -0.05) is 12.8 Å². The summed E-state index contributed by atoms with van der Waals surface area (Å²) in [4.78, 5) is 23.3. The van der Waals surface area contributed by atoms with Crippen LogP contribution in [0.25, 0.3) is 0 Å². The zero-order valence-electron chi connectivity index (χ0n) is 10.9. The Balaban J connectivity index is 1.71. The Kier molecular flexibility index (Phi) is 3.23. The predicted molar refractivity (Wildman–Crippen MR) is 74.0 cm³/mol. The third-order valence-electron chi connectivity index (χ3n) is 3.99. The quantitative estimate of drug-likeness (QED) is 0.856. The van der Waals surface area contributed by atoms with Gasteiger partial charge in [0.1, 0.15) is 0 Å². The van der Waals surface area contributed by atoms with E-state index in [1.807, 2.05) is 18.2 Å². The maximum absolute atomic E-state index is 12.1. The third kappa shape index (κ3) is 2.62. The normalized spacial score (nSPS) is 18.8. The molecular formula is C15H18N2O2. The Bertz CT molecular complexity index is 519. The Morgan fingerprint density at radius 2 is 2.00 bits per heavy atom. The van der Waals surface area contributed by atoms with Gasteiger partial charge in [0.15, 0.2) is 0 Å². The van der Waals surface area contributed by atoms with E-state index in [9.17, 15) is 9.59 Å². The van der Waals surface area contributed by atoms with Crippen LogP contribution in [0.1, 0.15) is 37.7 Å². The van der Waals surface area contributed by atoms with Crippen LogP contribution in [0.15, 0.2) is 18.2 Å². The van der Waals surface area contributed by atoms with Crippen LogP contribution < -0.4 is 10.6 Å². The first-order chi connectivity index (χ1) is 9.22. The fourth-order valence-electron chi connectivity index (χ4n) is 2.89. The molecule has 3 rings (SSSR count). The molecular weight excluding hydrogens is 240 g/mol. The summed E-state index contributed by atoms with van der Waals surface area (Å²) in [5, 5.41) is 5.84. The average Bonchev–Trinajstić information content (AvgIpc) is 2.93. The van der Waals surface area contributed by atoms with Gasteiger partial charge in [-0.15, -0.1) is 0 Å². The minimum atomic E-state index is 0.0650. The zero-order chi connectivity index (χ0) is 13.2. The highest BCUT2D eigenvalue weighted by Crippen LogP contribution is 2.28. The van der Waals surface area contributed by atoms with Gasteiger partial charge in [-0.3, -0.25) is 9.59 Å². The van der Waals surface area contributed by atoms with Crippen molar-refractivity contribution >= 4 is 23.2 Å². The number of hydrogen-bond acceptors (Lipinski definition) is 2. The monoisotopic (exact) mass is 258 g/mol. The van der Waals surface area contributed by atoms with Crippen LogP contribution in [0, 0.1) is 5.92 Å². The molecule has 2 amide bonds. The Morgan fingerprint density at radius 1 is 1.21 bits per heavy atom. The molecule has 0 bridgehead atoms. The molecule has 0 spiro atoms. The highest BCUT2D eigenvalue weighted by molar-refractivity contribution is 5.96. The van der Waals surface area contributed by atoms with Gasteiger partial charge in [0.05, 0.1) is 0 Å². The number of nitrogens with one attached hydrogen (secondary N) is 2. The Labute approximate surface area is 112 Å². The molecule has 1 aliphatic carbocycles. The molecule has 1 aromatic carbocycles. The van der Waals surface area contributed by atoms with E-state index in [0.717, 1.165) is 49.0 Å². The molecule has 0 atom stereocenters. The van der Waals surface area contributed by atoms with Crippen LogP contribution in [0.4, 0.5) is 11.4 Å². The molecule has 1 fully saturated rings. The van der Waals surface area contributed by atoms with Gasteiger partial charge >= 0.3 is 0 Å². The van der Waals surface area contributed by atoms with E-state index in [1.165, 1.54) is 0 Å². The minimum absolute atomic E-state index is 0.0650. The predicted octanol–water partition coefficient (Wildman–Crippen LogP) is 2.70. The van der Waals surface area contributed by atoms with Crippen LogP contribution >= 0.6 is 0 Å². The second kappa shape index (κ2) is 5.03. The molecule has 2 aliphatic rings. The summed E-state index contributed by atoms with van der Waals surface area (Å²) in [7, 11) is 0. The molecule has 100 valence electrons. The number of carbonyl (C=O) groups excluding carboxylic acids is 2. The first kappa shape index (κ1) is 12.2. The lowest BCUT2D eigenvalue weighted by molar-refractivity contribution is -0.119. The number of fused-ring (bicyclic) bond motifs is 1. The lowest BCUT2D eigenvalue weighted by Gasteiger charge is -2.18. The fraction of sp³-hybridized carbons (Fsp3) is 0.467. The zero-order valence-corrected chi connectivity index (χ0v) is 10.9. The summed E-state index contributed by atoms with van der Waals surface area (Å²) < 4.78 is 0. The lowest BCUT2D eigenvalue weighted by Crippen LogP contribution is -2.21. The van der Waals surface area contributed by atoms with E-state index in [2.05, 4.69) is 10.6 Å². The van der Waals surface area contributed by atoms with Crippen molar-refractivity contribution in [2.75, 3.05) is 10.6 Å². The molecule has 0 saturated heterocycles. The lowest BCUT2D eigenvalue weighted by atomic mass is 10.0. The van der Waals surface area contributed by atoms with Crippen LogP contribution in [-0.2, 0) is 16.0 Å². The van der Waals surface area contributed by atoms with Crippen molar-refractivity contribution in [2.45, 2.75) is 38.5 Å². The summed E-state index contributed by atoms with van der Waals surface area (Å²) in [6.07, 6.45) is 5.60. The number of carbonyl (C=O) groups is 2. The van der Waals surface area contributed by atoms with Crippen LogP contribution in [0.5, 0.6) is 0 Å². The molecule has 4 nitrogen and oxygen atoms in total.